The quantitative estimate of drug-likeness (QED) is 0.888. The number of nitrogens with one attached hydrogen (secondary N) is 2. The number of methoxy groups -OCH3 is 1. The average Bonchev–Trinajstić information content (AvgIpc) is 2.53. The number of hydrogen-bond acceptors (Lipinski definition) is 4. The summed E-state index contributed by atoms with van der Waals surface area (Å²) in [5.74, 6) is 0.796. The first-order valence-corrected chi connectivity index (χ1v) is 7.08. The van der Waals surface area contributed by atoms with Crippen molar-refractivity contribution in [3.05, 3.63) is 42.4 Å². The highest BCUT2D eigenvalue weighted by Gasteiger charge is 2.05. The molecule has 1 aromatic heterocycles. The summed E-state index contributed by atoms with van der Waals surface area (Å²) in [6.45, 7) is 4.17. The number of hydrogen-bond donors (Lipinski definition) is 2. The molecule has 116 valence electrons. The minimum atomic E-state index is -0.209. The Balaban J connectivity index is 2.04. The van der Waals surface area contributed by atoms with Gasteiger partial charge in [0, 0.05) is 11.6 Å². The van der Waals surface area contributed by atoms with E-state index in [9.17, 15) is 4.79 Å². The number of urea groups is 1. The molecule has 0 saturated carbocycles. The molecule has 22 heavy (non-hydrogen) atoms. The van der Waals surface area contributed by atoms with Crippen molar-refractivity contribution in [2.45, 2.75) is 26.4 Å². The van der Waals surface area contributed by atoms with Gasteiger partial charge in [-0.2, -0.15) is 0 Å². The lowest BCUT2D eigenvalue weighted by Crippen LogP contribution is -2.39. The zero-order valence-corrected chi connectivity index (χ0v) is 13.0. The van der Waals surface area contributed by atoms with E-state index in [1.54, 1.807) is 7.11 Å². The van der Waals surface area contributed by atoms with Crippen LogP contribution in [0.15, 0.2) is 36.7 Å². The van der Waals surface area contributed by atoms with E-state index in [0.717, 1.165) is 22.7 Å². The molecule has 0 aliphatic heterocycles. The molecule has 1 heterocycles. The third-order valence-electron chi connectivity index (χ3n) is 2.96. The summed E-state index contributed by atoms with van der Waals surface area (Å²) in [5, 5.41) is 5.53. The number of carbonyl (C=O) groups excluding carboxylic acids is 1. The molecular formula is C16H20N4O2. The number of carbonyl (C=O) groups is 1. The monoisotopic (exact) mass is 300 g/mol. The number of benzene rings is 1. The molecule has 0 bridgehead atoms. The molecule has 0 saturated heterocycles. The fraction of sp³-hybridized carbons (Fsp3) is 0.312. The lowest BCUT2D eigenvalue weighted by atomic mass is 10.1. The molecule has 0 spiro atoms. The molecule has 0 atom stereocenters. The van der Waals surface area contributed by atoms with Crippen molar-refractivity contribution >= 4 is 6.03 Å². The summed E-state index contributed by atoms with van der Waals surface area (Å²) < 4.78 is 5.14. The maximum atomic E-state index is 11.6. The number of aromatic nitrogens is 2. The number of ether oxygens (including phenoxy) is 1. The van der Waals surface area contributed by atoms with E-state index in [1.165, 1.54) is 6.33 Å². The molecule has 2 N–H and O–H groups in total. The summed E-state index contributed by atoms with van der Waals surface area (Å²) >= 11 is 0. The van der Waals surface area contributed by atoms with Crippen molar-refractivity contribution in [2.75, 3.05) is 7.11 Å². The van der Waals surface area contributed by atoms with Crippen LogP contribution in [0.1, 0.15) is 19.5 Å². The van der Waals surface area contributed by atoms with Crippen molar-refractivity contribution in [2.24, 2.45) is 0 Å². The Morgan fingerprint density at radius 1 is 1.23 bits per heavy atom. The Morgan fingerprint density at radius 3 is 2.59 bits per heavy atom. The summed E-state index contributed by atoms with van der Waals surface area (Å²) in [5.41, 5.74) is 2.52. The first-order chi connectivity index (χ1) is 10.6. The van der Waals surface area contributed by atoms with Crippen molar-refractivity contribution < 1.29 is 9.53 Å². The van der Waals surface area contributed by atoms with E-state index in [1.807, 2.05) is 44.2 Å². The first kappa shape index (κ1) is 15.8. The van der Waals surface area contributed by atoms with Gasteiger partial charge in [-0.3, -0.25) is 0 Å². The van der Waals surface area contributed by atoms with Crippen LogP contribution in [0.4, 0.5) is 4.79 Å². The zero-order valence-electron chi connectivity index (χ0n) is 13.0. The van der Waals surface area contributed by atoms with Crippen molar-refractivity contribution in [3.63, 3.8) is 0 Å². The summed E-state index contributed by atoms with van der Waals surface area (Å²) in [7, 11) is 1.63. The van der Waals surface area contributed by atoms with E-state index in [2.05, 4.69) is 20.6 Å². The number of nitrogens with zero attached hydrogens (tertiary/aromatic N) is 2. The fourth-order valence-electron chi connectivity index (χ4n) is 1.90. The van der Waals surface area contributed by atoms with Crippen LogP contribution in [0.3, 0.4) is 0 Å². The number of amides is 2. The Hall–Kier alpha value is -2.63. The third kappa shape index (κ3) is 4.44. The lowest BCUT2D eigenvalue weighted by molar-refractivity contribution is 0.238. The van der Waals surface area contributed by atoms with Gasteiger partial charge < -0.3 is 15.4 Å². The van der Waals surface area contributed by atoms with Crippen LogP contribution in [-0.4, -0.2) is 29.2 Å². The van der Waals surface area contributed by atoms with E-state index in [-0.39, 0.29) is 12.1 Å². The van der Waals surface area contributed by atoms with E-state index >= 15 is 0 Å². The van der Waals surface area contributed by atoms with Crippen LogP contribution in [0, 0.1) is 0 Å². The largest absolute Gasteiger partial charge is 0.497 e. The Morgan fingerprint density at radius 2 is 1.95 bits per heavy atom. The highest BCUT2D eigenvalue weighted by Crippen LogP contribution is 2.20. The molecule has 0 radical (unpaired) electrons. The van der Waals surface area contributed by atoms with Gasteiger partial charge in [0.05, 0.1) is 25.0 Å². The minimum Gasteiger partial charge on any atom is -0.497 e. The standard InChI is InChI=1S/C16H20N4O2/c1-11(2)20-16(21)17-9-13-8-15(19-10-18-13)12-4-6-14(22-3)7-5-12/h4-8,10-11H,9H2,1-3H3,(H2,17,20,21). The van der Waals surface area contributed by atoms with Gasteiger partial charge in [-0.1, -0.05) is 0 Å². The van der Waals surface area contributed by atoms with Crippen molar-refractivity contribution in [1.82, 2.24) is 20.6 Å². The van der Waals surface area contributed by atoms with Gasteiger partial charge >= 0.3 is 6.03 Å². The summed E-state index contributed by atoms with van der Waals surface area (Å²) in [6.07, 6.45) is 1.50. The van der Waals surface area contributed by atoms with Gasteiger partial charge in [0.15, 0.2) is 0 Å². The van der Waals surface area contributed by atoms with Gasteiger partial charge in [-0.25, -0.2) is 14.8 Å². The van der Waals surface area contributed by atoms with Crippen LogP contribution < -0.4 is 15.4 Å². The lowest BCUT2D eigenvalue weighted by Gasteiger charge is -2.10. The fourth-order valence-corrected chi connectivity index (χ4v) is 1.90. The molecule has 2 aromatic rings. The molecule has 0 aliphatic rings. The SMILES string of the molecule is COc1ccc(-c2cc(CNC(=O)NC(C)C)ncn2)cc1. The molecular weight excluding hydrogens is 280 g/mol. The predicted octanol–water partition coefficient (Wildman–Crippen LogP) is 2.36. The molecule has 0 unspecified atom stereocenters. The van der Waals surface area contributed by atoms with Gasteiger partial charge in [0.2, 0.25) is 0 Å². The smallest absolute Gasteiger partial charge is 0.315 e. The van der Waals surface area contributed by atoms with Gasteiger partial charge in [-0.15, -0.1) is 0 Å². The normalized spacial score (nSPS) is 10.4. The maximum absolute atomic E-state index is 11.6. The predicted molar refractivity (Wildman–Crippen MR) is 84.5 cm³/mol. The Bertz CT molecular complexity index is 626. The maximum Gasteiger partial charge on any atom is 0.315 e. The molecule has 0 aliphatic carbocycles. The second kappa shape index (κ2) is 7.40. The van der Waals surface area contributed by atoms with Crippen molar-refractivity contribution in [1.29, 1.82) is 0 Å². The second-order valence-electron chi connectivity index (χ2n) is 5.10. The highest BCUT2D eigenvalue weighted by atomic mass is 16.5. The summed E-state index contributed by atoms with van der Waals surface area (Å²) in [4.78, 5) is 20.0. The van der Waals surface area contributed by atoms with Crippen LogP contribution >= 0.6 is 0 Å². The van der Waals surface area contributed by atoms with E-state index < -0.39 is 0 Å². The van der Waals surface area contributed by atoms with Crippen LogP contribution in [0.5, 0.6) is 5.75 Å². The Kier molecular flexibility index (Phi) is 5.30. The number of rotatable bonds is 5. The molecule has 6 heteroatoms. The average molecular weight is 300 g/mol. The molecule has 2 rings (SSSR count). The van der Waals surface area contributed by atoms with Crippen LogP contribution in [-0.2, 0) is 6.54 Å². The Labute approximate surface area is 129 Å². The molecule has 2 amide bonds. The third-order valence-corrected chi connectivity index (χ3v) is 2.96. The molecule has 0 fully saturated rings. The highest BCUT2D eigenvalue weighted by molar-refractivity contribution is 5.74. The minimum absolute atomic E-state index is 0.0975. The zero-order chi connectivity index (χ0) is 15.9. The summed E-state index contributed by atoms with van der Waals surface area (Å²) in [6, 6.07) is 9.38. The molecule has 1 aromatic carbocycles. The van der Waals surface area contributed by atoms with Crippen LogP contribution in [0.25, 0.3) is 11.3 Å². The van der Waals surface area contributed by atoms with Gasteiger partial charge in [0.25, 0.3) is 0 Å². The second-order valence-corrected chi connectivity index (χ2v) is 5.10. The molecule has 6 nitrogen and oxygen atoms in total. The van der Waals surface area contributed by atoms with E-state index in [4.69, 9.17) is 4.74 Å². The first-order valence-electron chi connectivity index (χ1n) is 7.08. The van der Waals surface area contributed by atoms with Crippen molar-refractivity contribution in [3.8, 4) is 17.0 Å². The van der Waals surface area contributed by atoms with Gasteiger partial charge in [-0.05, 0) is 44.2 Å². The van der Waals surface area contributed by atoms with Gasteiger partial charge in [0.1, 0.15) is 12.1 Å². The van der Waals surface area contributed by atoms with Crippen LogP contribution in [0.2, 0.25) is 0 Å². The topological polar surface area (TPSA) is 76.1 Å². The van der Waals surface area contributed by atoms with E-state index in [0.29, 0.717) is 6.54 Å².